The summed E-state index contributed by atoms with van der Waals surface area (Å²) in [5.41, 5.74) is 2.10. The zero-order chi connectivity index (χ0) is 13.7. The first-order chi connectivity index (χ1) is 9.22. The van der Waals surface area contributed by atoms with Gasteiger partial charge in [-0.2, -0.15) is 0 Å². The third kappa shape index (κ3) is 3.41. The quantitative estimate of drug-likeness (QED) is 0.573. The van der Waals surface area contributed by atoms with Gasteiger partial charge in [-0.25, -0.2) is 15.2 Å². The van der Waals surface area contributed by atoms with Crippen molar-refractivity contribution in [3.05, 3.63) is 23.6 Å². The Kier molecular flexibility index (Phi) is 4.68. The summed E-state index contributed by atoms with van der Waals surface area (Å²) in [6, 6.07) is 1.35. The molecular formula is C13H19FN4O. The summed E-state index contributed by atoms with van der Waals surface area (Å²) in [6.07, 6.45) is 7.32. The molecule has 104 valence electrons. The van der Waals surface area contributed by atoms with Crippen LogP contribution in [0.3, 0.4) is 0 Å². The standard InChI is InChI=1S/C13H19FN4O/c14-11-10(6-7-16-12(11)18-15)13(19)17-8-9-4-2-1-3-5-9/h6-7,9H,1-5,8,15H2,(H,16,18)(H,17,19). The first-order valence-electron chi connectivity index (χ1n) is 6.61. The summed E-state index contributed by atoms with van der Waals surface area (Å²) >= 11 is 0. The second-order valence-electron chi connectivity index (χ2n) is 4.88. The zero-order valence-corrected chi connectivity index (χ0v) is 10.8. The summed E-state index contributed by atoms with van der Waals surface area (Å²) < 4.78 is 13.8. The van der Waals surface area contributed by atoms with Gasteiger partial charge in [0.2, 0.25) is 0 Å². The Hall–Kier alpha value is -1.69. The highest BCUT2D eigenvalue weighted by molar-refractivity contribution is 5.95. The van der Waals surface area contributed by atoms with Crippen molar-refractivity contribution in [1.82, 2.24) is 10.3 Å². The number of nitrogens with zero attached hydrogens (tertiary/aromatic N) is 1. The number of nitrogens with one attached hydrogen (secondary N) is 2. The monoisotopic (exact) mass is 266 g/mol. The maximum Gasteiger partial charge on any atom is 0.254 e. The molecule has 0 aliphatic heterocycles. The summed E-state index contributed by atoms with van der Waals surface area (Å²) in [4.78, 5) is 15.6. The number of carbonyl (C=O) groups is 1. The highest BCUT2D eigenvalue weighted by Gasteiger charge is 2.18. The first kappa shape index (κ1) is 13.7. The maximum absolute atomic E-state index is 13.8. The molecule has 1 aromatic rings. The van der Waals surface area contributed by atoms with Crippen molar-refractivity contribution in [1.29, 1.82) is 0 Å². The fraction of sp³-hybridized carbons (Fsp3) is 0.538. The fourth-order valence-electron chi connectivity index (χ4n) is 2.44. The van der Waals surface area contributed by atoms with Crippen LogP contribution in [0.15, 0.2) is 12.3 Å². The van der Waals surface area contributed by atoms with E-state index >= 15 is 0 Å². The van der Waals surface area contributed by atoms with Gasteiger partial charge in [-0.3, -0.25) is 4.79 Å². The average molecular weight is 266 g/mol. The molecule has 1 saturated carbocycles. The molecule has 0 spiro atoms. The molecule has 6 heteroatoms. The number of carbonyl (C=O) groups excluding carboxylic acids is 1. The molecule has 1 aliphatic carbocycles. The van der Waals surface area contributed by atoms with Crippen LogP contribution in [0.5, 0.6) is 0 Å². The van der Waals surface area contributed by atoms with E-state index in [0.717, 1.165) is 12.8 Å². The Morgan fingerprint density at radius 1 is 1.42 bits per heavy atom. The van der Waals surface area contributed by atoms with Crippen molar-refractivity contribution in [2.75, 3.05) is 12.0 Å². The predicted octanol–water partition coefficient (Wildman–Crippen LogP) is 1.82. The Labute approximate surface area is 111 Å². The molecular weight excluding hydrogens is 247 g/mol. The highest BCUT2D eigenvalue weighted by atomic mass is 19.1. The van der Waals surface area contributed by atoms with E-state index in [1.54, 1.807) is 0 Å². The van der Waals surface area contributed by atoms with Gasteiger partial charge >= 0.3 is 0 Å². The number of hydrogen-bond donors (Lipinski definition) is 3. The SMILES string of the molecule is NNc1nccc(C(=O)NCC2CCCCC2)c1F. The van der Waals surface area contributed by atoms with Crippen molar-refractivity contribution < 1.29 is 9.18 Å². The van der Waals surface area contributed by atoms with Crippen LogP contribution in [0, 0.1) is 11.7 Å². The Balaban J connectivity index is 1.95. The second kappa shape index (κ2) is 6.47. The molecule has 0 unspecified atom stereocenters. The summed E-state index contributed by atoms with van der Waals surface area (Å²) in [5.74, 6) is 4.38. The van der Waals surface area contributed by atoms with Gasteiger partial charge in [0, 0.05) is 12.7 Å². The molecule has 0 atom stereocenters. The third-order valence-electron chi connectivity index (χ3n) is 3.55. The molecule has 0 radical (unpaired) electrons. The van der Waals surface area contributed by atoms with Crippen molar-refractivity contribution in [2.24, 2.45) is 11.8 Å². The van der Waals surface area contributed by atoms with E-state index in [9.17, 15) is 9.18 Å². The van der Waals surface area contributed by atoms with Gasteiger partial charge in [-0.05, 0) is 24.8 Å². The van der Waals surface area contributed by atoms with E-state index in [2.05, 4.69) is 15.7 Å². The number of rotatable bonds is 4. The normalized spacial score (nSPS) is 16.1. The average Bonchev–Trinajstić information content (AvgIpc) is 2.46. The number of pyridine rings is 1. The van der Waals surface area contributed by atoms with Crippen LogP contribution < -0.4 is 16.6 Å². The van der Waals surface area contributed by atoms with Gasteiger partial charge in [-0.15, -0.1) is 0 Å². The third-order valence-corrected chi connectivity index (χ3v) is 3.55. The van der Waals surface area contributed by atoms with Crippen molar-refractivity contribution >= 4 is 11.7 Å². The molecule has 0 aromatic carbocycles. The molecule has 1 heterocycles. The fourth-order valence-corrected chi connectivity index (χ4v) is 2.44. The van der Waals surface area contributed by atoms with Crippen molar-refractivity contribution in [3.63, 3.8) is 0 Å². The summed E-state index contributed by atoms with van der Waals surface area (Å²) in [7, 11) is 0. The van der Waals surface area contributed by atoms with E-state index < -0.39 is 11.7 Å². The second-order valence-corrected chi connectivity index (χ2v) is 4.88. The largest absolute Gasteiger partial charge is 0.352 e. The molecule has 1 aliphatic rings. The number of aromatic nitrogens is 1. The van der Waals surface area contributed by atoms with Crippen LogP contribution in [0.1, 0.15) is 42.5 Å². The number of halogens is 1. The van der Waals surface area contributed by atoms with Gasteiger partial charge in [0.05, 0.1) is 5.56 Å². The lowest BCUT2D eigenvalue weighted by Crippen LogP contribution is -2.31. The predicted molar refractivity (Wildman–Crippen MR) is 70.9 cm³/mol. The van der Waals surface area contributed by atoms with Crippen LogP contribution in [-0.4, -0.2) is 17.4 Å². The van der Waals surface area contributed by atoms with Gasteiger partial charge in [0.1, 0.15) is 0 Å². The molecule has 2 rings (SSSR count). The Morgan fingerprint density at radius 2 is 2.16 bits per heavy atom. The molecule has 0 bridgehead atoms. The molecule has 19 heavy (non-hydrogen) atoms. The zero-order valence-electron chi connectivity index (χ0n) is 10.8. The van der Waals surface area contributed by atoms with E-state index in [0.29, 0.717) is 12.5 Å². The van der Waals surface area contributed by atoms with Crippen molar-refractivity contribution in [3.8, 4) is 0 Å². The lowest BCUT2D eigenvalue weighted by atomic mass is 9.89. The minimum atomic E-state index is -0.717. The Bertz CT molecular complexity index is 446. The van der Waals surface area contributed by atoms with Crippen LogP contribution in [0.25, 0.3) is 0 Å². The smallest absolute Gasteiger partial charge is 0.254 e. The van der Waals surface area contributed by atoms with Gasteiger partial charge in [-0.1, -0.05) is 19.3 Å². The number of hydrogen-bond acceptors (Lipinski definition) is 4. The number of nitrogen functional groups attached to an aromatic ring is 1. The number of amides is 1. The van der Waals surface area contributed by atoms with Crippen LogP contribution in [-0.2, 0) is 0 Å². The van der Waals surface area contributed by atoms with Gasteiger partial charge < -0.3 is 10.7 Å². The molecule has 4 N–H and O–H groups in total. The van der Waals surface area contributed by atoms with E-state index in [1.165, 1.54) is 31.5 Å². The minimum Gasteiger partial charge on any atom is -0.352 e. The lowest BCUT2D eigenvalue weighted by molar-refractivity contribution is 0.0939. The van der Waals surface area contributed by atoms with Crippen LogP contribution in [0.2, 0.25) is 0 Å². The van der Waals surface area contributed by atoms with Crippen molar-refractivity contribution in [2.45, 2.75) is 32.1 Å². The molecule has 1 amide bonds. The minimum absolute atomic E-state index is 0.0289. The number of anilines is 1. The topological polar surface area (TPSA) is 80.0 Å². The van der Waals surface area contributed by atoms with E-state index in [-0.39, 0.29) is 11.4 Å². The Morgan fingerprint density at radius 3 is 2.84 bits per heavy atom. The molecule has 0 saturated heterocycles. The molecule has 1 aromatic heterocycles. The first-order valence-corrected chi connectivity index (χ1v) is 6.61. The number of hydrazine groups is 1. The van der Waals surface area contributed by atoms with Crippen LogP contribution >= 0.6 is 0 Å². The maximum atomic E-state index is 13.8. The van der Waals surface area contributed by atoms with Crippen LogP contribution in [0.4, 0.5) is 10.2 Å². The lowest BCUT2D eigenvalue weighted by Gasteiger charge is -2.21. The highest BCUT2D eigenvalue weighted by Crippen LogP contribution is 2.23. The molecule has 5 nitrogen and oxygen atoms in total. The van der Waals surface area contributed by atoms with Gasteiger partial charge in [0.25, 0.3) is 5.91 Å². The van der Waals surface area contributed by atoms with E-state index in [4.69, 9.17) is 5.84 Å². The number of nitrogens with two attached hydrogens (primary N) is 1. The van der Waals surface area contributed by atoms with Gasteiger partial charge in [0.15, 0.2) is 11.6 Å². The van der Waals surface area contributed by atoms with E-state index in [1.807, 2.05) is 0 Å². The molecule has 1 fully saturated rings. The summed E-state index contributed by atoms with van der Waals surface area (Å²) in [6.45, 7) is 0.603. The summed E-state index contributed by atoms with van der Waals surface area (Å²) in [5, 5.41) is 2.79.